The van der Waals surface area contributed by atoms with E-state index in [1.54, 1.807) is 0 Å². The lowest BCUT2D eigenvalue weighted by Gasteiger charge is -2.15. The van der Waals surface area contributed by atoms with Crippen molar-refractivity contribution in [3.05, 3.63) is 48.0 Å². The Morgan fingerprint density at radius 3 is 2.79 bits per heavy atom. The summed E-state index contributed by atoms with van der Waals surface area (Å²) in [5.74, 6) is 0. The molecule has 4 heteroatoms. The average Bonchev–Trinajstić information content (AvgIpc) is 2.45. The van der Waals surface area contributed by atoms with Crippen molar-refractivity contribution in [2.45, 2.75) is 26.1 Å². The van der Waals surface area contributed by atoms with E-state index in [0.717, 1.165) is 12.0 Å². The van der Waals surface area contributed by atoms with Gasteiger partial charge in [-0.1, -0.05) is 47.6 Å². The number of ether oxygens (including phenoxy) is 2. The quantitative estimate of drug-likeness (QED) is 0.322. The van der Waals surface area contributed by atoms with Crippen LogP contribution in [0.1, 0.15) is 18.9 Å². The maximum atomic E-state index is 8.32. The molecule has 0 spiro atoms. The number of nitrogens with zero attached hydrogens (tertiary/aromatic N) is 1. The Hall–Kier alpha value is -1.65. The summed E-state index contributed by atoms with van der Waals surface area (Å²) in [6.07, 6.45) is 6.09. The number of rotatable bonds is 9. The zero-order chi connectivity index (χ0) is 13.8. The first-order valence-electron chi connectivity index (χ1n) is 6.37. The van der Waals surface area contributed by atoms with Gasteiger partial charge in [0, 0.05) is 0 Å². The molecule has 0 saturated carbocycles. The van der Waals surface area contributed by atoms with Gasteiger partial charge in [-0.05, 0) is 18.9 Å². The van der Waals surface area contributed by atoms with E-state index in [-0.39, 0.29) is 12.7 Å². The van der Waals surface area contributed by atoms with Gasteiger partial charge in [0.1, 0.15) is 0 Å². The van der Waals surface area contributed by atoms with Gasteiger partial charge < -0.3 is 14.7 Å². The minimum atomic E-state index is -0.0297. The molecule has 1 N–H and O–H groups in total. The SMILES string of the molecule is CC=CC[C@H](COCc1ccccc1)OCC=NO. The Balaban J connectivity index is 2.30. The molecule has 0 unspecified atom stereocenters. The first kappa shape index (κ1) is 15.4. The standard InChI is InChI=1S/C15H21NO3/c1-2-3-9-15(19-11-10-16-17)13-18-12-14-7-5-4-6-8-14/h2-8,10,15,17H,9,11-13H2,1H3/t15-/m1/s1. The van der Waals surface area contributed by atoms with Gasteiger partial charge in [-0.25, -0.2) is 0 Å². The zero-order valence-electron chi connectivity index (χ0n) is 11.2. The maximum absolute atomic E-state index is 8.32. The molecule has 0 aliphatic rings. The summed E-state index contributed by atoms with van der Waals surface area (Å²) in [5, 5.41) is 11.2. The first-order valence-corrected chi connectivity index (χ1v) is 6.37. The molecule has 0 heterocycles. The highest BCUT2D eigenvalue weighted by Gasteiger charge is 2.07. The van der Waals surface area contributed by atoms with Crippen molar-refractivity contribution in [1.82, 2.24) is 0 Å². The Kier molecular flexibility index (Phi) is 8.34. The molecule has 0 aliphatic carbocycles. The third kappa shape index (κ3) is 7.39. The van der Waals surface area contributed by atoms with Crippen molar-refractivity contribution in [1.29, 1.82) is 0 Å². The minimum Gasteiger partial charge on any atom is -0.411 e. The van der Waals surface area contributed by atoms with Crippen LogP contribution in [-0.4, -0.2) is 30.7 Å². The Bertz CT molecular complexity index is 376. The average molecular weight is 263 g/mol. The molecule has 1 rings (SSSR count). The van der Waals surface area contributed by atoms with Crippen molar-refractivity contribution in [2.75, 3.05) is 13.2 Å². The largest absolute Gasteiger partial charge is 0.411 e. The summed E-state index contributed by atoms with van der Waals surface area (Å²) < 4.78 is 11.2. The molecule has 0 bridgehead atoms. The molecular weight excluding hydrogens is 242 g/mol. The Morgan fingerprint density at radius 2 is 2.11 bits per heavy atom. The van der Waals surface area contributed by atoms with Crippen LogP contribution in [0.25, 0.3) is 0 Å². The number of oxime groups is 1. The molecule has 0 aromatic heterocycles. The second-order valence-corrected chi connectivity index (χ2v) is 4.06. The van der Waals surface area contributed by atoms with Gasteiger partial charge in [-0.15, -0.1) is 0 Å². The second-order valence-electron chi connectivity index (χ2n) is 4.06. The molecular formula is C15H21NO3. The van der Waals surface area contributed by atoms with Crippen LogP contribution >= 0.6 is 0 Å². The highest BCUT2D eigenvalue weighted by molar-refractivity contribution is 5.57. The van der Waals surface area contributed by atoms with Crippen molar-refractivity contribution in [3.8, 4) is 0 Å². The lowest BCUT2D eigenvalue weighted by molar-refractivity contribution is -0.00548. The first-order chi connectivity index (χ1) is 9.36. The number of allylic oxidation sites excluding steroid dienone is 1. The number of benzene rings is 1. The molecule has 104 valence electrons. The van der Waals surface area contributed by atoms with Crippen LogP contribution in [0.4, 0.5) is 0 Å². The summed E-state index contributed by atoms with van der Waals surface area (Å²) in [4.78, 5) is 0. The van der Waals surface area contributed by atoms with E-state index in [4.69, 9.17) is 14.7 Å². The van der Waals surface area contributed by atoms with Gasteiger partial charge in [0.2, 0.25) is 0 Å². The molecule has 0 fully saturated rings. The predicted octanol–water partition coefficient (Wildman–Crippen LogP) is 3.01. The minimum absolute atomic E-state index is 0.0297. The topological polar surface area (TPSA) is 51.0 Å². The molecule has 4 nitrogen and oxygen atoms in total. The highest BCUT2D eigenvalue weighted by Crippen LogP contribution is 2.05. The van der Waals surface area contributed by atoms with E-state index in [2.05, 4.69) is 5.16 Å². The molecule has 1 aromatic rings. The molecule has 0 saturated heterocycles. The normalized spacial score (nSPS) is 13.3. The van der Waals surface area contributed by atoms with Gasteiger partial charge >= 0.3 is 0 Å². The van der Waals surface area contributed by atoms with E-state index in [1.165, 1.54) is 6.21 Å². The van der Waals surface area contributed by atoms with Crippen LogP contribution in [0, 0.1) is 0 Å². The summed E-state index contributed by atoms with van der Waals surface area (Å²) in [6.45, 7) is 3.34. The van der Waals surface area contributed by atoms with Crippen LogP contribution in [0.3, 0.4) is 0 Å². The fourth-order valence-corrected chi connectivity index (χ4v) is 1.57. The van der Waals surface area contributed by atoms with E-state index in [0.29, 0.717) is 13.2 Å². The van der Waals surface area contributed by atoms with Crippen molar-refractivity contribution >= 4 is 6.21 Å². The van der Waals surface area contributed by atoms with E-state index < -0.39 is 0 Å². The fraction of sp³-hybridized carbons (Fsp3) is 0.400. The zero-order valence-corrected chi connectivity index (χ0v) is 11.2. The summed E-state index contributed by atoms with van der Waals surface area (Å²) >= 11 is 0. The molecule has 1 aromatic carbocycles. The smallest absolute Gasteiger partial charge is 0.0857 e. The summed E-state index contributed by atoms with van der Waals surface area (Å²) in [7, 11) is 0. The lowest BCUT2D eigenvalue weighted by Crippen LogP contribution is -2.20. The second kappa shape index (κ2) is 10.3. The van der Waals surface area contributed by atoms with Gasteiger partial charge in [-0.3, -0.25) is 0 Å². The van der Waals surface area contributed by atoms with Gasteiger partial charge in [0.15, 0.2) is 0 Å². The molecule has 19 heavy (non-hydrogen) atoms. The lowest BCUT2D eigenvalue weighted by atomic mass is 10.2. The third-order valence-electron chi connectivity index (χ3n) is 2.54. The van der Waals surface area contributed by atoms with Crippen molar-refractivity contribution in [2.24, 2.45) is 5.16 Å². The number of hydrogen-bond donors (Lipinski definition) is 1. The van der Waals surface area contributed by atoms with E-state index in [9.17, 15) is 0 Å². The van der Waals surface area contributed by atoms with Crippen LogP contribution in [0.15, 0.2) is 47.6 Å². The number of hydrogen-bond acceptors (Lipinski definition) is 4. The van der Waals surface area contributed by atoms with E-state index >= 15 is 0 Å². The summed E-state index contributed by atoms with van der Waals surface area (Å²) in [6, 6.07) is 10.0. The Labute approximate surface area is 114 Å². The van der Waals surface area contributed by atoms with Crippen LogP contribution in [-0.2, 0) is 16.1 Å². The molecule has 1 atom stereocenters. The molecule has 0 aliphatic heterocycles. The molecule has 0 amide bonds. The van der Waals surface area contributed by atoms with Crippen molar-refractivity contribution in [3.63, 3.8) is 0 Å². The van der Waals surface area contributed by atoms with Gasteiger partial charge in [0.25, 0.3) is 0 Å². The summed E-state index contributed by atoms with van der Waals surface area (Å²) in [5.41, 5.74) is 1.14. The third-order valence-corrected chi connectivity index (χ3v) is 2.54. The fourth-order valence-electron chi connectivity index (χ4n) is 1.57. The monoisotopic (exact) mass is 263 g/mol. The van der Waals surface area contributed by atoms with E-state index in [1.807, 2.05) is 49.4 Å². The van der Waals surface area contributed by atoms with Crippen LogP contribution in [0.2, 0.25) is 0 Å². The maximum Gasteiger partial charge on any atom is 0.0857 e. The predicted molar refractivity (Wildman–Crippen MR) is 75.5 cm³/mol. The van der Waals surface area contributed by atoms with Gasteiger partial charge in [-0.2, -0.15) is 0 Å². The van der Waals surface area contributed by atoms with Crippen molar-refractivity contribution < 1.29 is 14.7 Å². The van der Waals surface area contributed by atoms with Crippen LogP contribution < -0.4 is 0 Å². The molecule has 0 radical (unpaired) electrons. The van der Waals surface area contributed by atoms with Gasteiger partial charge in [0.05, 0.1) is 32.1 Å². The Morgan fingerprint density at radius 1 is 1.32 bits per heavy atom. The van der Waals surface area contributed by atoms with Crippen LogP contribution in [0.5, 0.6) is 0 Å². The highest BCUT2D eigenvalue weighted by atomic mass is 16.5.